The summed E-state index contributed by atoms with van der Waals surface area (Å²) in [5, 5.41) is 0.856. The molecule has 130 valence electrons. The van der Waals surface area contributed by atoms with Gasteiger partial charge in [0, 0.05) is 25.1 Å². The Bertz CT molecular complexity index is 855. The Labute approximate surface area is 141 Å². The number of amides is 1. The fraction of sp³-hybridized carbons (Fsp3) is 0.471. The van der Waals surface area contributed by atoms with E-state index in [4.69, 9.17) is 9.15 Å². The topological polar surface area (TPSA) is 76.8 Å². The van der Waals surface area contributed by atoms with Gasteiger partial charge >= 0.3 is 0 Å². The van der Waals surface area contributed by atoms with Crippen LogP contribution in [0.3, 0.4) is 0 Å². The molecule has 0 saturated carbocycles. The molecule has 6 nitrogen and oxygen atoms in total. The van der Waals surface area contributed by atoms with Crippen molar-refractivity contribution in [1.29, 1.82) is 0 Å². The van der Waals surface area contributed by atoms with Gasteiger partial charge in [0.25, 0.3) is 5.91 Å². The number of ether oxygens (including phenoxy) is 1. The first-order valence-electron chi connectivity index (χ1n) is 7.90. The molecule has 7 heteroatoms. The van der Waals surface area contributed by atoms with Crippen LogP contribution in [0, 0.1) is 6.92 Å². The highest BCUT2D eigenvalue weighted by Crippen LogP contribution is 2.24. The van der Waals surface area contributed by atoms with Crippen LogP contribution in [0.4, 0.5) is 0 Å². The van der Waals surface area contributed by atoms with Crippen LogP contribution in [0.5, 0.6) is 0 Å². The standard InChI is InChI=1S/C17H21NO5S/c1-12-3-4-13-10-16(23-15(13)9-12)17(19)18(6-7-22-2)14-5-8-24(20,21)11-14/h3-4,9-10,14H,5-8,11H2,1-2H3. The minimum absolute atomic E-state index is 0.00178. The predicted molar refractivity (Wildman–Crippen MR) is 90.9 cm³/mol. The average Bonchev–Trinajstić information content (AvgIpc) is 3.10. The van der Waals surface area contributed by atoms with Crippen LogP contribution in [-0.2, 0) is 14.6 Å². The maximum absolute atomic E-state index is 12.9. The molecule has 1 aliphatic rings. The number of hydrogen-bond donors (Lipinski definition) is 0. The first kappa shape index (κ1) is 17.0. The molecule has 1 amide bonds. The molecule has 1 aliphatic heterocycles. The molecule has 3 rings (SSSR count). The van der Waals surface area contributed by atoms with Crippen LogP contribution >= 0.6 is 0 Å². The number of benzene rings is 1. The van der Waals surface area contributed by atoms with Crippen LogP contribution in [0.25, 0.3) is 11.0 Å². The zero-order valence-electron chi connectivity index (χ0n) is 13.8. The Balaban J connectivity index is 1.89. The van der Waals surface area contributed by atoms with E-state index >= 15 is 0 Å². The highest BCUT2D eigenvalue weighted by Gasteiger charge is 2.35. The molecule has 1 fully saturated rings. The van der Waals surface area contributed by atoms with E-state index < -0.39 is 9.84 Å². The molecule has 1 saturated heterocycles. The number of furan rings is 1. The largest absolute Gasteiger partial charge is 0.451 e. The molecule has 0 radical (unpaired) electrons. The average molecular weight is 351 g/mol. The second-order valence-electron chi connectivity index (χ2n) is 6.20. The number of carbonyl (C=O) groups is 1. The number of fused-ring (bicyclic) bond motifs is 1. The van der Waals surface area contributed by atoms with Crippen molar-refractivity contribution in [3.63, 3.8) is 0 Å². The van der Waals surface area contributed by atoms with Gasteiger partial charge in [-0.2, -0.15) is 0 Å². The number of hydrogen-bond acceptors (Lipinski definition) is 5. The van der Waals surface area contributed by atoms with Gasteiger partial charge in [-0.05, 0) is 31.0 Å². The van der Waals surface area contributed by atoms with Crippen molar-refractivity contribution in [3.05, 3.63) is 35.6 Å². The summed E-state index contributed by atoms with van der Waals surface area (Å²) in [4.78, 5) is 14.5. The normalized spacial score (nSPS) is 19.7. The second kappa shape index (κ2) is 6.57. The third-order valence-electron chi connectivity index (χ3n) is 4.33. The van der Waals surface area contributed by atoms with E-state index in [9.17, 15) is 13.2 Å². The number of nitrogens with zero attached hydrogens (tertiary/aromatic N) is 1. The van der Waals surface area contributed by atoms with E-state index in [1.807, 2.05) is 25.1 Å². The fourth-order valence-corrected chi connectivity index (χ4v) is 4.78. The van der Waals surface area contributed by atoms with Gasteiger partial charge in [-0.3, -0.25) is 4.79 Å². The minimum Gasteiger partial charge on any atom is -0.451 e. The third-order valence-corrected chi connectivity index (χ3v) is 6.08. The Hall–Kier alpha value is -1.86. The Morgan fingerprint density at radius 3 is 2.83 bits per heavy atom. The van der Waals surface area contributed by atoms with Gasteiger partial charge < -0.3 is 14.1 Å². The molecule has 0 N–H and O–H groups in total. The smallest absolute Gasteiger partial charge is 0.289 e. The SMILES string of the molecule is COCCN(C(=O)c1cc2ccc(C)cc2o1)C1CCS(=O)(=O)C1. The van der Waals surface area contributed by atoms with E-state index in [1.54, 1.807) is 18.1 Å². The molecule has 0 aliphatic carbocycles. The molecule has 2 aromatic rings. The van der Waals surface area contributed by atoms with E-state index in [0.717, 1.165) is 10.9 Å². The maximum Gasteiger partial charge on any atom is 0.289 e. The maximum atomic E-state index is 12.9. The lowest BCUT2D eigenvalue weighted by Crippen LogP contribution is -2.42. The summed E-state index contributed by atoms with van der Waals surface area (Å²) in [6.07, 6.45) is 0.455. The molecule has 1 aromatic carbocycles. The number of carbonyl (C=O) groups excluding carboxylic acids is 1. The second-order valence-corrected chi connectivity index (χ2v) is 8.43. The molecule has 0 spiro atoms. The molecular weight excluding hydrogens is 330 g/mol. The Kier molecular flexibility index (Phi) is 4.64. The van der Waals surface area contributed by atoms with Gasteiger partial charge in [0.05, 0.1) is 18.1 Å². The summed E-state index contributed by atoms with van der Waals surface area (Å²) in [5.74, 6) is 0.0641. The van der Waals surface area contributed by atoms with Gasteiger partial charge in [-0.25, -0.2) is 8.42 Å². The van der Waals surface area contributed by atoms with Crippen LogP contribution in [0.15, 0.2) is 28.7 Å². The number of rotatable bonds is 5. The summed E-state index contributed by atoms with van der Waals surface area (Å²) < 4.78 is 34.3. The van der Waals surface area contributed by atoms with E-state index in [0.29, 0.717) is 25.2 Å². The van der Waals surface area contributed by atoms with E-state index in [2.05, 4.69) is 0 Å². The van der Waals surface area contributed by atoms with Crippen molar-refractivity contribution < 1.29 is 22.4 Å². The predicted octanol–water partition coefficient (Wildman–Crippen LogP) is 2.02. The van der Waals surface area contributed by atoms with Crippen molar-refractivity contribution in [3.8, 4) is 0 Å². The van der Waals surface area contributed by atoms with E-state index in [-0.39, 0.29) is 29.2 Å². The lowest BCUT2D eigenvalue weighted by Gasteiger charge is -2.27. The fourth-order valence-electron chi connectivity index (χ4n) is 3.05. The Morgan fingerprint density at radius 1 is 1.38 bits per heavy atom. The van der Waals surface area contributed by atoms with Crippen molar-refractivity contribution in [2.24, 2.45) is 0 Å². The van der Waals surface area contributed by atoms with Crippen molar-refractivity contribution in [1.82, 2.24) is 4.90 Å². The first-order chi connectivity index (χ1) is 11.4. The third kappa shape index (κ3) is 3.47. The summed E-state index contributed by atoms with van der Waals surface area (Å²) in [5.41, 5.74) is 1.71. The van der Waals surface area contributed by atoms with Crippen LogP contribution in [-0.4, -0.2) is 57.0 Å². The van der Waals surface area contributed by atoms with Crippen molar-refractivity contribution in [2.45, 2.75) is 19.4 Å². The van der Waals surface area contributed by atoms with Gasteiger partial charge in [0.15, 0.2) is 15.6 Å². The highest BCUT2D eigenvalue weighted by molar-refractivity contribution is 7.91. The monoisotopic (exact) mass is 351 g/mol. The first-order valence-corrected chi connectivity index (χ1v) is 9.72. The Morgan fingerprint density at radius 2 is 2.17 bits per heavy atom. The van der Waals surface area contributed by atoms with Gasteiger partial charge in [0.2, 0.25) is 0 Å². The summed E-state index contributed by atoms with van der Waals surface area (Å²) in [7, 11) is -1.52. The number of sulfone groups is 1. The minimum atomic E-state index is -3.08. The quantitative estimate of drug-likeness (QED) is 0.824. The van der Waals surface area contributed by atoms with Crippen LogP contribution in [0.2, 0.25) is 0 Å². The van der Waals surface area contributed by atoms with Crippen LogP contribution in [0.1, 0.15) is 22.5 Å². The lowest BCUT2D eigenvalue weighted by atomic mass is 10.2. The van der Waals surface area contributed by atoms with Crippen molar-refractivity contribution in [2.75, 3.05) is 31.8 Å². The van der Waals surface area contributed by atoms with Gasteiger partial charge in [-0.1, -0.05) is 12.1 Å². The molecule has 1 atom stereocenters. The number of aryl methyl sites for hydroxylation is 1. The molecule has 0 bridgehead atoms. The van der Waals surface area contributed by atoms with E-state index in [1.165, 1.54) is 0 Å². The highest BCUT2D eigenvalue weighted by atomic mass is 32.2. The van der Waals surface area contributed by atoms with Crippen molar-refractivity contribution >= 4 is 26.7 Å². The molecular formula is C17H21NO5S. The zero-order chi connectivity index (χ0) is 17.3. The summed E-state index contributed by atoms with van der Waals surface area (Å²) >= 11 is 0. The molecule has 2 heterocycles. The lowest BCUT2D eigenvalue weighted by molar-refractivity contribution is 0.0595. The summed E-state index contributed by atoms with van der Waals surface area (Å²) in [6, 6.07) is 7.13. The van der Waals surface area contributed by atoms with Gasteiger partial charge in [0.1, 0.15) is 5.58 Å². The molecule has 24 heavy (non-hydrogen) atoms. The van der Waals surface area contributed by atoms with Crippen LogP contribution < -0.4 is 0 Å². The zero-order valence-corrected chi connectivity index (χ0v) is 14.6. The number of methoxy groups -OCH3 is 1. The molecule has 1 unspecified atom stereocenters. The summed E-state index contributed by atoms with van der Waals surface area (Å²) in [6.45, 7) is 2.64. The molecule has 1 aromatic heterocycles. The van der Waals surface area contributed by atoms with Gasteiger partial charge in [-0.15, -0.1) is 0 Å².